The van der Waals surface area contributed by atoms with Crippen molar-refractivity contribution in [3.8, 4) is 0 Å². The van der Waals surface area contributed by atoms with Crippen molar-refractivity contribution in [3.63, 3.8) is 0 Å². The molecule has 0 bridgehead atoms. The van der Waals surface area contributed by atoms with Crippen LogP contribution in [0.1, 0.15) is 42.1 Å². The number of benzene rings is 2. The van der Waals surface area contributed by atoms with Gasteiger partial charge in [0.25, 0.3) is 5.91 Å². The molecule has 1 saturated heterocycles. The molecule has 2 amide bonds. The van der Waals surface area contributed by atoms with E-state index in [0.717, 1.165) is 24.2 Å². The van der Waals surface area contributed by atoms with Gasteiger partial charge in [-0.3, -0.25) is 14.5 Å². The van der Waals surface area contributed by atoms with Crippen molar-refractivity contribution in [1.29, 1.82) is 0 Å². The molecule has 1 aliphatic heterocycles. The van der Waals surface area contributed by atoms with Crippen molar-refractivity contribution >= 4 is 17.5 Å². The van der Waals surface area contributed by atoms with Crippen molar-refractivity contribution in [2.24, 2.45) is 0 Å². The largest absolute Gasteiger partial charge is 0.337 e. The zero-order chi connectivity index (χ0) is 20.8. The van der Waals surface area contributed by atoms with Crippen molar-refractivity contribution in [2.75, 3.05) is 38.0 Å². The number of para-hydroxylation sites is 1. The number of hydrogen-bond acceptors (Lipinski definition) is 3. The third-order valence-electron chi connectivity index (χ3n) is 5.17. The molecule has 0 unspecified atom stereocenters. The third-order valence-corrected chi connectivity index (χ3v) is 5.17. The lowest BCUT2D eigenvalue weighted by atomic mass is 10.0. The summed E-state index contributed by atoms with van der Waals surface area (Å²) in [5.41, 5.74) is 2.33. The van der Waals surface area contributed by atoms with Gasteiger partial charge in [0.1, 0.15) is 5.82 Å². The molecular weight excluding hydrogens is 369 g/mol. The summed E-state index contributed by atoms with van der Waals surface area (Å²) in [5.74, 6) is -0.303. The minimum absolute atomic E-state index is 0.0528. The first-order chi connectivity index (χ1) is 13.9. The fourth-order valence-electron chi connectivity index (χ4n) is 3.64. The predicted octanol–water partition coefficient (Wildman–Crippen LogP) is 3.74. The van der Waals surface area contributed by atoms with E-state index in [1.165, 1.54) is 12.1 Å². The molecule has 1 heterocycles. The average Bonchev–Trinajstić information content (AvgIpc) is 2.93. The molecule has 29 heavy (non-hydrogen) atoms. The molecule has 2 aromatic carbocycles. The molecular formula is C23H28FN3O2. The zero-order valence-electron chi connectivity index (χ0n) is 17.0. The highest BCUT2D eigenvalue weighted by Crippen LogP contribution is 2.23. The van der Waals surface area contributed by atoms with Gasteiger partial charge < -0.3 is 10.2 Å². The number of carbonyl (C=O) groups is 2. The van der Waals surface area contributed by atoms with Crippen LogP contribution < -0.4 is 5.32 Å². The highest BCUT2D eigenvalue weighted by atomic mass is 19.1. The molecule has 154 valence electrons. The lowest BCUT2D eigenvalue weighted by molar-refractivity contribution is -0.117. The number of anilines is 1. The Morgan fingerprint density at radius 3 is 2.59 bits per heavy atom. The minimum atomic E-state index is -0.411. The molecule has 1 fully saturated rings. The maximum atomic E-state index is 13.4. The first-order valence-electron chi connectivity index (χ1n) is 10.1. The molecule has 0 saturated carbocycles. The van der Waals surface area contributed by atoms with Gasteiger partial charge in [0, 0.05) is 37.4 Å². The summed E-state index contributed by atoms with van der Waals surface area (Å²) < 4.78 is 13.4. The highest BCUT2D eigenvalue weighted by molar-refractivity contribution is 5.94. The fourth-order valence-corrected chi connectivity index (χ4v) is 3.64. The quantitative estimate of drug-likeness (QED) is 0.836. The first-order valence-corrected chi connectivity index (χ1v) is 10.1. The summed E-state index contributed by atoms with van der Waals surface area (Å²) >= 11 is 0. The monoisotopic (exact) mass is 397 g/mol. The van der Waals surface area contributed by atoms with Gasteiger partial charge in [-0.1, -0.05) is 38.1 Å². The Kier molecular flexibility index (Phi) is 6.99. The number of halogens is 1. The van der Waals surface area contributed by atoms with Gasteiger partial charge >= 0.3 is 0 Å². The Hall–Kier alpha value is -2.73. The third kappa shape index (κ3) is 5.64. The second-order valence-corrected chi connectivity index (χ2v) is 7.72. The van der Waals surface area contributed by atoms with Crippen LogP contribution in [-0.2, 0) is 4.79 Å². The molecule has 0 spiro atoms. The lowest BCUT2D eigenvalue weighted by Crippen LogP contribution is -2.38. The van der Waals surface area contributed by atoms with E-state index in [9.17, 15) is 14.0 Å². The van der Waals surface area contributed by atoms with Crippen LogP contribution in [0, 0.1) is 5.82 Å². The smallest absolute Gasteiger partial charge is 0.254 e. The summed E-state index contributed by atoms with van der Waals surface area (Å²) in [6.45, 7) is 6.96. The summed E-state index contributed by atoms with van der Waals surface area (Å²) in [4.78, 5) is 29.0. The van der Waals surface area contributed by atoms with E-state index in [1.807, 2.05) is 24.3 Å². The van der Waals surface area contributed by atoms with E-state index in [4.69, 9.17) is 0 Å². The first kappa shape index (κ1) is 21.0. The van der Waals surface area contributed by atoms with Crippen LogP contribution in [-0.4, -0.2) is 54.3 Å². The lowest BCUT2D eigenvalue weighted by Gasteiger charge is -2.22. The number of rotatable bonds is 5. The van der Waals surface area contributed by atoms with Crippen molar-refractivity contribution in [3.05, 3.63) is 65.5 Å². The summed E-state index contributed by atoms with van der Waals surface area (Å²) in [7, 11) is 0. The normalized spacial score (nSPS) is 15.2. The molecule has 0 atom stereocenters. The van der Waals surface area contributed by atoms with Gasteiger partial charge in [-0.15, -0.1) is 0 Å². The number of amides is 2. The van der Waals surface area contributed by atoms with E-state index in [0.29, 0.717) is 31.1 Å². The summed E-state index contributed by atoms with van der Waals surface area (Å²) in [6, 6.07) is 13.6. The van der Waals surface area contributed by atoms with Crippen LogP contribution in [0.2, 0.25) is 0 Å². The Bertz CT molecular complexity index is 869. The van der Waals surface area contributed by atoms with E-state index >= 15 is 0 Å². The summed E-state index contributed by atoms with van der Waals surface area (Å²) in [6.07, 6.45) is 0.775. The zero-order valence-corrected chi connectivity index (χ0v) is 17.0. The molecule has 0 aliphatic carbocycles. The maximum absolute atomic E-state index is 13.4. The van der Waals surface area contributed by atoms with Crippen molar-refractivity contribution in [1.82, 2.24) is 9.80 Å². The van der Waals surface area contributed by atoms with Crippen LogP contribution in [0.5, 0.6) is 0 Å². The Balaban J connectivity index is 1.56. The van der Waals surface area contributed by atoms with E-state index in [-0.39, 0.29) is 18.4 Å². The van der Waals surface area contributed by atoms with Crippen LogP contribution in [0.3, 0.4) is 0 Å². The van der Waals surface area contributed by atoms with Crippen LogP contribution in [0.4, 0.5) is 10.1 Å². The van der Waals surface area contributed by atoms with Gasteiger partial charge in [-0.25, -0.2) is 4.39 Å². The van der Waals surface area contributed by atoms with Gasteiger partial charge in [0.2, 0.25) is 5.91 Å². The topological polar surface area (TPSA) is 52.7 Å². The number of hydrogen-bond donors (Lipinski definition) is 1. The second-order valence-electron chi connectivity index (χ2n) is 7.72. The van der Waals surface area contributed by atoms with E-state index in [2.05, 4.69) is 24.1 Å². The summed E-state index contributed by atoms with van der Waals surface area (Å²) in [5, 5.41) is 3.02. The van der Waals surface area contributed by atoms with E-state index < -0.39 is 5.82 Å². The van der Waals surface area contributed by atoms with Gasteiger partial charge in [0.15, 0.2) is 0 Å². The molecule has 0 aromatic heterocycles. The molecule has 0 radical (unpaired) electrons. The highest BCUT2D eigenvalue weighted by Gasteiger charge is 2.22. The predicted molar refractivity (Wildman–Crippen MR) is 113 cm³/mol. The van der Waals surface area contributed by atoms with Crippen LogP contribution in [0.25, 0.3) is 0 Å². The van der Waals surface area contributed by atoms with E-state index in [1.54, 1.807) is 17.0 Å². The molecule has 2 aromatic rings. The molecule has 6 heteroatoms. The van der Waals surface area contributed by atoms with Crippen molar-refractivity contribution in [2.45, 2.75) is 26.2 Å². The second kappa shape index (κ2) is 9.65. The Morgan fingerprint density at radius 2 is 1.83 bits per heavy atom. The van der Waals surface area contributed by atoms with Crippen LogP contribution in [0.15, 0.2) is 48.5 Å². The average molecular weight is 397 g/mol. The van der Waals surface area contributed by atoms with Crippen LogP contribution >= 0.6 is 0 Å². The Labute approximate surface area is 171 Å². The number of nitrogens with one attached hydrogen (secondary N) is 1. The van der Waals surface area contributed by atoms with Crippen molar-refractivity contribution < 1.29 is 14.0 Å². The fraction of sp³-hybridized carbons (Fsp3) is 0.391. The molecule has 5 nitrogen and oxygen atoms in total. The van der Waals surface area contributed by atoms with Gasteiger partial charge in [-0.2, -0.15) is 0 Å². The molecule has 1 aliphatic rings. The van der Waals surface area contributed by atoms with Gasteiger partial charge in [-0.05, 0) is 42.2 Å². The molecule has 3 rings (SSSR count). The maximum Gasteiger partial charge on any atom is 0.254 e. The number of carbonyl (C=O) groups excluding carboxylic acids is 2. The molecule has 1 N–H and O–H groups in total. The standard InChI is InChI=1S/C23H28FN3O2/c1-17(2)20-9-3-4-10-21(20)25-22(28)16-26-11-6-12-27(14-13-26)23(29)18-7-5-8-19(24)15-18/h3-5,7-10,15,17H,6,11-14,16H2,1-2H3,(H,25,28). The Morgan fingerprint density at radius 1 is 1.03 bits per heavy atom. The SMILES string of the molecule is CC(C)c1ccccc1NC(=O)CN1CCCN(C(=O)c2cccc(F)c2)CC1. The van der Waals surface area contributed by atoms with Gasteiger partial charge in [0.05, 0.1) is 6.54 Å². The minimum Gasteiger partial charge on any atom is -0.337 e. The number of nitrogens with zero attached hydrogens (tertiary/aromatic N) is 2.